The van der Waals surface area contributed by atoms with E-state index in [0.717, 1.165) is 18.4 Å². The standard InChI is InChI=1S/C20H23ClN4O3/c1-10(11-4-3-5-12(21)6-11)25-17(19(22)27)9-16(23-25)20(28)24(2)18-14-7-13(26)8-15(14)18/h3-6,9-10,13-15,18,26H,7-8H2,1-2H3,(H2,22,27)/t10-,13?,14-,15+,18?/m0/s1. The number of nitrogens with two attached hydrogens (primary N) is 1. The number of aliphatic hydroxyl groups is 1. The van der Waals surface area contributed by atoms with Crippen molar-refractivity contribution in [2.45, 2.75) is 38.0 Å². The van der Waals surface area contributed by atoms with Crippen molar-refractivity contribution in [1.82, 2.24) is 14.7 Å². The largest absolute Gasteiger partial charge is 0.393 e. The van der Waals surface area contributed by atoms with Crippen molar-refractivity contribution in [3.8, 4) is 0 Å². The Balaban J connectivity index is 1.60. The van der Waals surface area contributed by atoms with Crippen molar-refractivity contribution in [1.29, 1.82) is 0 Å². The van der Waals surface area contributed by atoms with Crippen LogP contribution < -0.4 is 5.73 Å². The van der Waals surface area contributed by atoms with Gasteiger partial charge in [-0.05, 0) is 49.3 Å². The number of amides is 2. The van der Waals surface area contributed by atoms with Crippen LogP contribution in [-0.4, -0.2) is 50.8 Å². The Morgan fingerprint density at radius 1 is 1.32 bits per heavy atom. The summed E-state index contributed by atoms with van der Waals surface area (Å²) < 4.78 is 1.48. The average Bonchev–Trinajstić information content (AvgIpc) is 2.99. The minimum atomic E-state index is -0.644. The van der Waals surface area contributed by atoms with E-state index in [2.05, 4.69) is 5.10 Å². The van der Waals surface area contributed by atoms with Crippen LogP contribution in [0.25, 0.3) is 0 Å². The van der Waals surface area contributed by atoms with Gasteiger partial charge in [-0.15, -0.1) is 0 Å². The fraction of sp³-hybridized carbons (Fsp3) is 0.450. The van der Waals surface area contributed by atoms with Gasteiger partial charge in [0.1, 0.15) is 5.69 Å². The molecule has 2 aliphatic rings. The van der Waals surface area contributed by atoms with Crippen LogP contribution >= 0.6 is 11.6 Å². The van der Waals surface area contributed by atoms with Crippen molar-refractivity contribution in [2.24, 2.45) is 17.6 Å². The first-order chi connectivity index (χ1) is 13.3. The Labute approximate surface area is 168 Å². The van der Waals surface area contributed by atoms with E-state index in [1.807, 2.05) is 19.1 Å². The van der Waals surface area contributed by atoms with Gasteiger partial charge in [0, 0.05) is 24.2 Å². The third kappa shape index (κ3) is 3.18. The second kappa shape index (κ2) is 6.90. The molecule has 0 aliphatic heterocycles. The minimum Gasteiger partial charge on any atom is -0.393 e. The van der Waals surface area contributed by atoms with E-state index in [1.165, 1.54) is 10.7 Å². The van der Waals surface area contributed by atoms with E-state index >= 15 is 0 Å². The zero-order chi connectivity index (χ0) is 20.2. The van der Waals surface area contributed by atoms with E-state index in [4.69, 9.17) is 17.3 Å². The van der Waals surface area contributed by atoms with Crippen LogP contribution in [0, 0.1) is 11.8 Å². The first-order valence-electron chi connectivity index (χ1n) is 9.38. The SMILES string of the molecule is C[C@@H](c1cccc(Cl)c1)n1nc(C(=O)N(C)C2[C@H]3CC(O)C[C@@H]23)cc1C(N)=O. The van der Waals surface area contributed by atoms with Gasteiger partial charge in [-0.3, -0.25) is 14.3 Å². The summed E-state index contributed by atoms with van der Waals surface area (Å²) in [6.45, 7) is 1.87. The smallest absolute Gasteiger partial charge is 0.274 e. The number of primary amides is 1. The summed E-state index contributed by atoms with van der Waals surface area (Å²) in [4.78, 5) is 26.6. The number of carbonyl (C=O) groups is 2. The molecule has 0 saturated heterocycles. The number of fused-ring (bicyclic) bond motifs is 1. The van der Waals surface area contributed by atoms with Gasteiger partial charge in [-0.25, -0.2) is 0 Å². The number of aliphatic hydroxyl groups excluding tert-OH is 1. The van der Waals surface area contributed by atoms with Crippen molar-refractivity contribution >= 4 is 23.4 Å². The van der Waals surface area contributed by atoms with Gasteiger partial charge in [-0.2, -0.15) is 5.10 Å². The lowest BCUT2D eigenvalue weighted by Crippen LogP contribution is -2.33. The normalized spacial score (nSPS) is 26.6. The maximum absolute atomic E-state index is 13.0. The highest BCUT2D eigenvalue weighted by Gasteiger charge is 2.58. The molecule has 1 aromatic heterocycles. The highest BCUT2D eigenvalue weighted by atomic mass is 35.5. The van der Waals surface area contributed by atoms with Crippen LogP contribution in [-0.2, 0) is 0 Å². The predicted molar refractivity (Wildman–Crippen MR) is 104 cm³/mol. The van der Waals surface area contributed by atoms with E-state index < -0.39 is 5.91 Å². The number of carbonyl (C=O) groups excluding carboxylic acids is 2. The molecule has 2 amide bonds. The Bertz CT molecular complexity index is 931. The first kappa shape index (κ1) is 19.0. The summed E-state index contributed by atoms with van der Waals surface area (Å²) in [6.07, 6.45) is 1.22. The molecule has 2 saturated carbocycles. The topological polar surface area (TPSA) is 101 Å². The fourth-order valence-corrected chi connectivity index (χ4v) is 4.75. The maximum atomic E-state index is 13.0. The fourth-order valence-electron chi connectivity index (χ4n) is 4.55. The number of hydrogen-bond acceptors (Lipinski definition) is 4. The van der Waals surface area contributed by atoms with Gasteiger partial charge in [0.25, 0.3) is 11.8 Å². The first-order valence-corrected chi connectivity index (χ1v) is 9.75. The monoisotopic (exact) mass is 402 g/mol. The van der Waals surface area contributed by atoms with E-state index in [1.54, 1.807) is 24.1 Å². The molecule has 2 fully saturated rings. The summed E-state index contributed by atoms with van der Waals surface area (Å²) in [5.74, 6) is -0.179. The van der Waals surface area contributed by atoms with Crippen molar-refractivity contribution in [3.05, 3.63) is 52.3 Å². The highest BCUT2D eigenvalue weighted by molar-refractivity contribution is 6.30. The molecule has 148 valence electrons. The average molecular weight is 403 g/mol. The van der Waals surface area contributed by atoms with E-state index in [9.17, 15) is 14.7 Å². The molecule has 2 aliphatic carbocycles. The number of benzene rings is 1. The maximum Gasteiger partial charge on any atom is 0.274 e. The molecule has 0 radical (unpaired) electrons. The zero-order valence-electron chi connectivity index (χ0n) is 15.7. The molecular formula is C20H23ClN4O3. The Hall–Kier alpha value is -2.38. The molecule has 4 rings (SSSR count). The molecule has 3 N–H and O–H groups in total. The quantitative estimate of drug-likeness (QED) is 0.799. The summed E-state index contributed by atoms with van der Waals surface area (Å²) in [5, 5.41) is 14.7. The van der Waals surface area contributed by atoms with Crippen molar-refractivity contribution < 1.29 is 14.7 Å². The second-order valence-corrected chi connectivity index (χ2v) is 8.25. The molecule has 0 spiro atoms. The van der Waals surface area contributed by atoms with Crippen LogP contribution in [0.15, 0.2) is 30.3 Å². The van der Waals surface area contributed by atoms with Gasteiger partial charge < -0.3 is 15.7 Å². The summed E-state index contributed by atoms with van der Waals surface area (Å²) in [5.41, 5.74) is 6.76. The lowest BCUT2D eigenvalue weighted by Gasteiger charge is -2.19. The van der Waals surface area contributed by atoms with Crippen molar-refractivity contribution in [3.63, 3.8) is 0 Å². The number of halogens is 1. The van der Waals surface area contributed by atoms with Crippen LogP contribution in [0.3, 0.4) is 0 Å². The van der Waals surface area contributed by atoms with Gasteiger partial charge in [0.2, 0.25) is 0 Å². The third-order valence-corrected chi connectivity index (χ3v) is 6.28. The molecule has 1 aromatic carbocycles. The molecule has 7 nitrogen and oxygen atoms in total. The van der Waals surface area contributed by atoms with Gasteiger partial charge in [0.05, 0.1) is 12.1 Å². The molecule has 2 aromatic rings. The van der Waals surface area contributed by atoms with Gasteiger partial charge in [-0.1, -0.05) is 23.7 Å². The highest BCUT2D eigenvalue weighted by Crippen LogP contribution is 2.54. The Morgan fingerprint density at radius 3 is 2.61 bits per heavy atom. The third-order valence-electron chi connectivity index (χ3n) is 6.05. The van der Waals surface area contributed by atoms with E-state index in [-0.39, 0.29) is 35.5 Å². The van der Waals surface area contributed by atoms with Gasteiger partial charge in [0.15, 0.2) is 5.69 Å². The van der Waals surface area contributed by atoms with Crippen LogP contribution in [0.1, 0.15) is 52.3 Å². The lowest BCUT2D eigenvalue weighted by atomic mass is 10.1. The van der Waals surface area contributed by atoms with Crippen LogP contribution in [0.5, 0.6) is 0 Å². The molecule has 1 heterocycles. The summed E-state index contributed by atoms with van der Waals surface area (Å²) in [7, 11) is 1.75. The second-order valence-electron chi connectivity index (χ2n) is 7.81. The summed E-state index contributed by atoms with van der Waals surface area (Å²) in [6, 6.07) is 8.53. The number of nitrogens with zero attached hydrogens (tertiary/aromatic N) is 3. The summed E-state index contributed by atoms with van der Waals surface area (Å²) >= 11 is 6.07. The van der Waals surface area contributed by atoms with Crippen LogP contribution in [0.4, 0.5) is 0 Å². The minimum absolute atomic E-state index is 0.128. The zero-order valence-corrected chi connectivity index (χ0v) is 16.5. The Morgan fingerprint density at radius 2 is 2.00 bits per heavy atom. The molecule has 0 bridgehead atoms. The van der Waals surface area contributed by atoms with Gasteiger partial charge >= 0.3 is 0 Å². The lowest BCUT2D eigenvalue weighted by molar-refractivity contribution is 0.0736. The molecule has 28 heavy (non-hydrogen) atoms. The molecule has 8 heteroatoms. The predicted octanol–water partition coefficient (Wildman–Crippen LogP) is 2.09. The van der Waals surface area contributed by atoms with Crippen LogP contribution in [0.2, 0.25) is 5.02 Å². The molecule has 5 atom stereocenters. The molecular weight excluding hydrogens is 380 g/mol. The molecule has 2 unspecified atom stereocenters. The van der Waals surface area contributed by atoms with E-state index in [0.29, 0.717) is 16.9 Å². The Kier molecular flexibility index (Phi) is 4.67. The van der Waals surface area contributed by atoms with Crippen molar-refractivity contribution in [2.75, 3.05) is 7.05 Å². The number of rotatable bonds is 5. The number of aromatic nitrogens is 2. The number of hydrogen-bond donors (Lipinski definition) is 2.